The van der Waals surface area contributed by atoms with Gasteiger partial charge in [-0.15, -0.1) is 11.3 Å². The summed E-state index contributed by atoms with van der Waals surface area (Å²) in [6, 6.07) is 15.7. The molecule has 1 aromatic heterocycles. The van der Waals surface area contributed by atoms with Crippen molar-refractivity contribution in [3.63, 3.8) is 0 Å². The van der Waals surface area contributed by atoms with Crippen LogP contribution < -0.4 is 15.4 Å². The van der Waals surface area contributed by atoms with Crippen LogP contribution in [0.15, 0.2) is 70.9 Å². The standard InChI is InChI=1S/C19H17N3O4S2/c1-20-18(24)16-10-11-27-19(16)21-17(23)13-6-5-7-14(12-13)22-28(25,26)15-8-3-2-4-9-15/h2-12,22H,1H3,(H,20,24)(H,21,23). The van der Waals surface area contributed by atoms with Gasteiger partial charge in [-0.05, 0) is 41.8 Å². The van der Waals surface area contributed by atoms with E-state index in [1.54, 1.807) is 47.8 Å². The molecule has 0 atom stereocenters. The number of rotatable bonds is 6. The molecule has 0 bridgehead atoms. The van der Waals surface area contributed by atoms with Crippen LogP contribution in [0, 0.1) is 0 Å². The van der Waals surface area contributed by atoms with E-state index in [0.717, 1.165) is 0 Å². The minimum atomic E-state index is -3.76. The smallest absolute Gasteiger partial charge is 0.261 e. The third-order valence-electron chi connectivity index (χ3n) is 3.79. The molecule has 7 nitrogen and oxygen atoms in total. The molecule has 0 aliphatic rings. The molecule has 0 fully saturated rings. The van der Waals surface area contributed by atoms with Gasteiger partial charge in [0.25, 0.3) is 21.8 Å². The van der Waals surface area contributed by atoms with E-state index in [4.69, 9.17) is 0 Å². The number of carbonyl (C=O) groups is 2. The van der Waals surface area contributed by atoms with Gasteiger partial charge in [-0.3, -0.25) is 14.3 Å². The zero-order valence-corrected chi connectivity index (χ0v) is 16.4. The van der Waals surface area contributed by atoms with E-state index in [2.05, 4.69) is 15.4 Å². The quantitative estimate of drug-likeness (QED) is 0.575. The van der Waals surface area contributed by atoms with Crippen LogP contribution in [-0.2, 0) is 10.0 Å². The second-order valence-corrected chi connectivity index (χ2v) is 8.29. The molecule has 0 radical (unpaired) electrons. The maximum absolute atomic E-state index is 12.5. The van der Waals surface area contributed by atoms with Crippen LogP contribution in [-0.4, -0.2) is 27.3 Å². The highest BCUT2D eigenvalue weighted by Crippen LogP contribution is 2.24. The normalized spacial score (nSPS) is 10.9. The summed E-state index contributed by atoms with van der Waals surface area (Å²) in [6.45, 7) is 0. The van der Waals surface area contributed by atoms with Gasteiger partial charge >= 0.3 is 0 Å². The number of benzene rings is 2. The van der Waals surface area contributed by atoms with Crippen LogP contribution in [0.1, 0.15) is 20.7 Å². The second-order valence-electron chi connectivity index (χ2n) is 5.70. The fourth-order valence-electron chi connectivity index (χ4n) is 2.43. The van der Waals surface area contributed by atoms with Crippen molar-refractivity contribution in [2.24, 2.45) is 0 Å². The van der Waals surface area contributed by atoms with Gasteiger partial charge in [-0.2, -0.15) is 0 Å². The Balaban J connectivity index is 1.79. The Labute approximate surface area is 166 Å². The van der Waals surface area contributed by atoms with Gasteiger partial charge in [0.05, 0.1) is 10.5 Å². The molecule has 2 aromatic carbocycles. The third kappa shape index (κ3) is 4.38. The van der Waals surface area contributed by atoms with Crippen LogP contribution in [0.2, 0.25) is 0 Å². The maximum atomic E-state index is 12.5. The number of sulfonamides is 1. The van der Waals surface area contributed by atoms with Gasteiger partial charge in [-0.1, -0.05) is 24.3 Å². The summed E-state index contributed by atoms with van der Waals surface area (Å²) in [6.07, 6.45) is 0. The highest BCUT2D eigenvalue weighted by atomic mass is 32.2. The lowest BCUT2D eigenvalue weighted by Gasteiger charge is -2.10. The van der Waals surface area contributed by atoms with Crippen molar-refractivity contribution in [2.45, 2.75) is 4.90 Å². The van der Waals surface area contributed by atoms with Crippen molar-refractivity contribution in [3.05, 3.63) is 77.2 Å². The number of nitrogens with one attached hydrogen (secondary N) is 3. The van der Waals surface area contributed by atoms with E-state index in [1.807, 2.05) is 0 Å². The Morgan fingerprint density at radius 2 is 1.68 bits per heavy atom. The van der Waals surface area contributed by atoms with Gasteiger partial charge in [0.1, 0.15) is 5.00 Å². The SMILES string of the molecule is CNC(=O)c1ccsc1NC(=O)c1cccc(NS(=O)(=O)c2ccccc2)c1. The Hall–Kier alpha value is -3.17. The minimum absolute atomic E-state index is 0.124. The molecule has 144 valence electrons. The number of hydrogen-bond acceptors (Lipinski definition) is 5. The molecule has 0 spiro atoms. The van der Waals surface area contributed by atoms with Gasteiger partial charge in [0.2, 0.25) is 0 Å². The number of carbonyl (C=O) groups excluding carboxylic acids is 2. The summed E-state index contributed by atoms with van der Waals surface area (Å²) in [5.41, 5.74) is 0.875. The van der Waals surface area contributed by atoms with E-state index in [1.165, 1.54) is 36.6 Å². The average Bonchev–Trinajstić information content (AvgIpc) is 3.16. The predicted octanol–water partition coefficient (Wildman–Crippen LogP) is 3.16. The van der Waals surface area contributed by atoms with Crippen LogP contribution in [0.25, 0.3) is 0 Å². The van der Waals surface area contributed by atoms with Gasteiger partial charge in [0, 0.05) is 18.3 Å². The summed E-state index contributed by atoms with van der Waals surface area (Å²) in [5, 5.41) is 7.31. The number of thiophene rings is 1. The number of hydrogen-bond donors (Lipinski definition) is 3. The molecule has 3 rings (SSSR count). The van der Waals surface area contributed by atoms with Gasteiger partial charge in [0.15, 0.2) is 0 Å². The molecule has 0 unspecified atom stereocenters. The summed E-state index contributed by atoms with van der Waals surface area (Å²) in [7, 11) is -2.25. The average molecular weight is 415 g/mol. The van der Waals surface area contributed by atoms with Crippen LogP contribution in [0.3, 0.4) is 0 Å². The van der Waals surface area contributed by atoms with E-state index < -0.39 is 15.9 Å². The Kier molecular flexibility index (Phi) is 5.76. The van der Waals surface area contributed by atoms with Crippen molar-refractivity contribution < 1.29 is 18.0 Å². The lowest BCUT2D eigenvalue weighted by atomic mass is 10.2. The first-order chi connectivity index (χ1) is 13.4. The minimum Gasteiger partial charge on any atom is -0.355 e. The van der Waals surface area contributed by atoms with Crippen molar-refractivity contribution in [1.29, 1.82) is 0 Å². The molecular weight excluding hydrogens is 398 g/mol. The monoisotopic (exact) mass is 415 g/mol. The largest absolute Gasteiger partial charge is 0.355 e. The molecule has 28 heavy (non-hydrogen) atoms. The zero-order valence-electron chi connectivity index (χ0n) is 14.8. The molecule has 0 aliphatic heterocycles. The Morgan fingerprint density at radius 3 is 2.39 bits per heavy atom. The first-order valence-corrected chi connectivity index (χ1v) is 10.6. The van der Waals surface area contributed by atoms with E-state index in [9.17, 15) is 18.0 Å². The van der Waals surface area contributed by atoms with Gasteiger partial charge < -0.3 is 10.6 Å². The van der Waals surface area contributed by atoms with Crippen molar-refractivity contribution >= 4 is 43.9 Å². The molecule has 1 heterocycles. The van der Waals surface area contributed by atoms with Crippen molar-refractivity contribution in [1.82, 2.24) is 5.32 Å². The summed E-state index contributed by atoms with van der Waals surface area (Å²) in [5.74, 6) is -0.755. The molecule has 0 saturated carbocycles. The summed E-state index contributed by atoms with van der Waals surface area (Å²) in [4.78, 5) is 24.5. The fraction of sp³-hybridized carbons (Fsp3) is 0.0526. The van der Waals surface area contributed by atoms with E-state index in [0.29, 0.717) is 10.6 Å². The molecule has 9 heteroatoms. The summed E-state index contributed by atoms with van der Waals surface area (Å²) < 4.78 is 27.3. The first kappa shape index (κ1) is 19.6. The lowest BCUT2D eigenvalue weighted by Crippen LogP contribution is -2.20. The van der Waals surface area contributed by atoms with Gasteiger partial charge in [-0.25, -0.2) is 8.42 Å². The second kappa shape index (κ2) is 8.24. The Bertz CT molecular complexity index is 1110. The lowest BCUT2D eigenvalue weighted by molar-refractivity contribution is 0.0964. The van der Waals surface area contributed by atoms with Crippen LogP contribution >= 0.6 is 11.3 Å². The highest BCUT2D eigenvalue weighted by Gasteiger charge is 2.17. The van der Waals surface area contributed by atoms with Crippen molar-refractivity contribution in [3.8, 4) is 0 Å². The van der Waals surface area contributed by atoms with Crippen molar-refractivity contribution in [2.75, 3.05) is 17.1 Å². The predicted molar refractivity (Wildman–Crippen MR) is 109 cm³/mol. The summed E-state index contributed by atoms with van der Waals surface area (Å²) >= 11 is 1.22. The van der Waals surface area contributed by atoms with Crippen LogP contribution in [0.5, 0.6) is 0 Å². The molecule has 0 aliphatic carbocycles. The topological polar surface area (TPSA) is 104 Å². The first-order valence-electron chi connectivity index (χ1n) is 8.19. The molecular formula is C19H17N3O4S2. The van der Waals surface area contributed by atoms with E-state index >= 15 is 0 Å². The molecule has 3 aromatic rings. The maximum Gasteiger partial charge on any atom is 0.261 e. The Morgan fingerprint density at radius 1 is 0.929 bits per heavy atom. The number of anilines is 2. The molecule has 3 N–H and O–H groups in total. The number of amides is 2. The third-order valence-corrected chi connectivity index (χ3v) is 6.02. The highest BCUT2D eigenvalue weighted by molar-refractivity contribution is 7.92. The molecule has 2 amide bonds. The fourth-order valence-corrected chi connectivity index (χ4v) is 4.28. The molecule has 0 saturated heterocycles. The van der Waals surface area contributed by atoms with E-state index in [-0.39, 0.29) is 22.1 Å². The zero-order chi connectivity index (χ0) is 20.1. The van der Waals surface area contributed by atoms with Crippen LogP contribution in [0.4, 0.5) is 10.7 Å².